The Kier molecular flexibility index (Phi) is 5.39. The van der Waals surface area contributed by atoms with Gasteiger partial charge in [-0.15, -0.1) is 0 Å². The van der Waals surface area contributed by atoms with Crippen molar-refractivity contribution >= 4 is 15.9 Å². The van der Waals surface area contributed by atoms with Crippen LogP contribution in [0.1, 0.15) is 12.0 Å². The standard InChI is InChI=1S/C15H24BrN3/c1-18-7-8-19(2)15(11-18)10-14(17)9-12-3-5-13(16)6-4-12/h3-6,14-15H,7-11,17H2,1-2H3. The number of likely N-dealkylation sites (N-methyl/N-ethyl adjacent to an activating group) is 2. The zero-order valence-electron chi connectivity index (χ0n) is 11.8. The Hall–Kier alpha value is -0.420. The molecule has 19 heavy (non-hydrogen) atoms. The van der Waals surface area contributed by atoms with Crippen molar-refractivity contribution in [3.8, 4) is 0 Å². The average Bonchev–Trinajstić information content (AvgIpc) is 2.37. The first-order chi connectivity index (χ1) is 9.04. The van der Waals surface area contributed by atoms with Crippen LogP contribution in [-0.2, 0) is 6.42 Å². The third-order valence-electron chi connectivity index (χ3n) is 3.97. The molecule has 2 atom stereocenters. The molecule has 3 nitrogen and oxygen atoms in total. The summed E-state index contributed by atoms with van der Waals surface area (Å²) in [4.78, 5) is 4.85. The monoisotopic (exact) mass is 325 g/mol. The van der Waals surface area contributed by atoms with Crippen LogP contribution >= 0.6 is 15.9 Å². The SMILES string of the molecule is CN1CCN(C)C(CC(N)Cc2ccc(Br)cc2)C1. The molecule has 1 aromatic rings. The number of hydrogen-bond acceptors (Lipinski definition) is 3. The van der Waals surface area contributed by atoms with Crippen molar-refractivity contribution < 1.29 is 0 Å². The molecule has 0 spiro atoms. The van der Waals surface area contributed by atoms with Gasteiger partial charge in [0.15, 0.2) is 0 Å². The predicted molar refractivity (Wildman–Crippen MR) is 84.4 cm³/mol. The highest BCUT2D eigenvalue weighted by Gasteiger charge is 2.23. The molecular formula is C15H24BrN3. The van der Waals surface area contributed by atoms with Crippen LogP contribution in [0.15, 0.2) is 28.7 Å². The predicted octanol–water partition coefficient (Wildman–Crippen LogP) is 1.95. The summed E-state index contributed by atoms with van der Waals surface area (Å²) in [7, 11) is 4.41. The maximum atomic E-state index is 6.33. The van der Waals surface area contributed by atoms with Gasteiger partial charge >= 0.3 is 0 Å². The van der Waals surface area contributed by atoms with Gasteiger partial charge in [-0.1, -0.05) is 28.1 Å². The van der Waals surface area contributed by atoms with Gasteiger partial charge in [-0.2, -0.15) is 0 Å². The van der Waals surface area contributed by atoms with Crippen LogP contribution in [0.4, 0.5) is 0 Å². The van der Waals surface area contributed by atoms with Crippen molar-refractivity contribution in [2.45, 2.75) is 24.9 Å². The first-order valence-corrected chi connectivity index (χ1v) is 7.72. The lowest BCUT2D eigenvalue weighted by molar-refractivity contribution is 0.104. The van der Waals surface area contributed by atoms with Crippen LogP contribution in [0, 0.1) is 0 Å². The fourth-order valence-corrected chi connectivity index (χ4v) is 2.98. The topological polar surface area (TPSA) is 32.5 Å². The number of piperazine rings is 1. The van der Waals surface area contributed by atoms with E-state index in [1.165, 1.54) is 5.56 Å². The first kappa shape index (κ1) is 15.0. The lowest BCUT2D eigenvalue weighted by Crippen LogP contribution is -2.51. The normalized spacial score (nSPS) is 23.5. The number of rotatable bonds is 4. The van der Waals surface area contributed by atoms with Crippen LogP contribution < -0.4 is 5.73 Å². The molecular weight excluding hydrogens is 302 g/mol. The largest absolute Gasteiger partial charge is 0.327 e. The molecule has 1 saturated heterocycles. The molecule has 1 fully saturated rings. The van der Waals surface area contributed by atoms with E-state index < -0.39 is 0 Å². The Bertz CT molecular complexity index is 393. The Labute approximate surface area is 124 Å². The minimum atomic E-state index is 0.236. The second-order valence-electron chi connectivity index (χ2n) is 5.72. The van der Waals surface area contributed by atoms with Crippen molar-refractivity contribution in [1.29, 1.82) is 0 Å². The minimum Gasteiger partial charge on any atom is -0.327 e. The molecule has 1 aliphatic rings. The molecule has 0 bridgehead atoms. The molecule has 106 valence electrons. The molecule has 0 aromatic heterocycles. The van der Waals surface area contributed by atoms with Gasteiger partial charge in [-0.05, 0) is 44.6 Å². The van der Waals surface area contributed by atoms with Crippen molar-refractivity contribution in [3.63, 3.8) is 0 Å². The summed E-state index contributed by atoms with van der Waals surface area (Å²) >= 11 is 3.46. The molecule has 1 heterocycles. The average molecular weight is 326 g/mol. The van der Waals surface area contributed by atoms with E-state index in [0.29, 0.717) is 6.04 Å². The van der Waals surface area contributed by atoms with Crippen LogP contribution in [0.3, 0.4) is 0 Å². The molecule has 0 saturated carbocycles. The summed E-state index contributed by atoms with van der Waals surface area (Å²) < 4.78 is 1.12. The fraction of sp³-hybridized carbons (Fsp3) is 0.600. The van der Waals surface area contributed by atoms with E-state index in [2.05, 4.69) is 64.1 Å². The second kappa shape index (κ2) is 6.84. The van der Waals surface area contributed by atoms with Gasteiger partial charge in [0, 0.05) is 36.2 Å². The Morgan fingerprint density at radius 3 is 2.63 bits per heavy atom. The van der Waals surface area contributed by atoms with Crippen LogP contribution in [-0.4, -0.2) is 55.6 Å². The van der Waals surface area contributed by atoms with Gasteiger partial charge in [-0.25, -0.2) is 0 Å². The fourth-order valence-electron chi connectivity index (χ4n) is 2.71. The summed E-state index contributed by atoms with van der Waals surface area (Å²) in [6, 6.07) is 9.30. The summed E-state index contributed by atoms with van der Waals surface area (Å²) in [5.41, 5.74) is 7.65. The van der Waals surface area contributed by atoms with Crippen molar-refractivity contribution in [2.24, 2.45) is 5.73 Å². The maximum absolute atomic E-state index is 6.33. The summed E-state index contributed by atoms with van der Waals surface area (Å²) in [6.07, 6.45) is 2.03. The smallest absolute Gasteiger partial charge is 0.0235 e. The summed E-state index contributed by atoms with van der Waals surface area (Å²) in [5.74, 6) is 0. The lowest BCUT2D eigenvalue weighted by atomic mass is 9.98. The quantitative estimate of drug-likeness (QED) is 0.918. The van der Waals surface area contributed by atoms with E-state index in [-0.39, 0.29) is 6.04 Å². The summed E-state index contributed by atoms with van der Waals surface area (Å²) in [6.45, 7) is 3.44. The Morgan fingerprint density at radius 1 is 1.26 bits per heavy atom. The third-order valence-corrected chi connectivity index (χ3v) is 4.49. The van der Waals surface area contributed by atoms with Gasteiger partial charge in [0.1, 0.15) is 0 Å². The van der Waals surface area contributed by atoms with Gasteiger partial charge in [0.2, 0.25) is 0 Å². The third kappa shape index (κ3) is 4.56. The highest BCUT2D eigenvalue weighted by molar-refractivity contribution is 9.10. The first-order valence-electron chi connectivity index (χ1n) is 6.93. The Balaban J connectivity index is 1.86. The molecule has 0 radical (unpaired) electrons. The van der Waals surface area contributed by atoms with Crippen LogP contribution in [0.2, 0.25) is 0 Å². The zero-order chi connectivity index (χ0) is 13.8. The lowest BCUT2D eigenvalue weighted by Gasteiger charge is -2.38. The molecule has 2 rings (SSSR count). The van der Waals surface area contributed by atoms with E-state index in [9.17, 15) is 0 Å². The number of hydrogen-bond donors (Lipinski definition) is 1. The zero-order valence-corrected chi connectivity index (χ0v) is 13.4. The van der Waals surface area contributed by atoms with Crippen molar-refractivity contribution in [2.75, 3.05) is 33.7 Å². The number of halogens is 1. The van der Waals surface area contributed by atoms with Crippen LogP contribution in [0.5, 0.6) is 0 Å². The van der Waals surface area contributed by atoms with E-state index in [0.717, 1.165) is 36.9 Å². The maximum Gasteiger partial charge on any atom is 0.0235 e. The molecule has 0 aliphatic carbocycles. The molecule has 2 N–H and O–H groups in total. The van der Waals surface area contributed by atoms with E-state index in [1.807, 2.05) is 0 Å². The highest BCUT2D eigenvalue weighted by Crippen LogP contribution is 2.15. The molecule has 1 aliphatic heterocycles. The highest BCUT2D eigenvalue weighted by atomic mass is 79.9. The van der Waals surface area contributed by atoms with Gasteiger partial charge in [-0.3, -0.25) is 0 Å². The van der Waals surface area contributed by atoms with Gasteiger partial charge in [0.25, 0.3) is 0 Å². The van der Waals surface area contributed by atoms with E-state index in [4.69, 9.17) is 5.73 Å². The van der Waals surface area contributed by atoms with Crippen molar-refractivity contribution in [1.82, 2.24) is 9.80 Å². The Morgan fingerprint density at radius 2 is 1.95 bits per heavy atom. The number of benzene rings is 1. The molecule has 0 amide bonds. The molecule has 4 heteroatoms. The second-order valence-corrected chi connectivity index (χ2v) is 6.64. The molecule has 1 aromatic carbocycles. The number of nitrogens with two attached hydrogens (primary N) is 1. The van der Waals surface area contributed by atoms with E-state index >= 15 is 0 Å². The van der Waals surface area contributed by atoms with Gasteiger partial charge in [0.05, 0.1) is 0 Å². The summed E-state index contributed by atoms with van der Waals surface area (Å²) in [5, 5.41) is 0. The van der Waals surface area contributed by atoms with Crippen molar-refractivity contribution in [3.05, 3.63) is 34.3 Å². The molecule has 2 unspecified atom stereocenters. The van der Waals surface area contributed by atoms with E-state index in [1.54, 1.807) is 0 Å². The number of nitrogens with zero attached hydrogens (tertiary/aromatic N) is 2. The minimum absolute atomic E-state index is 0.236. The van der Waals surface area contributed by atoms with Crippen LogP contribution in [0.25, 0.3) is 0 Å². The van der Waals surface area contributed by atoms with Gasteiger partial charge < -0.3 is 15.5 Å².